The summed E-state index contributed by atoms with van der Waals surface area (Å²) in [7, 11) is -3.91. The van der Waals surface area contributed by atoms with Gasteiger partial charge in [-0.05, 0) is 69.1 Å². The molecular weight excluding hydrogens is 506 g/mol. The van der Waals surface area contributed by atoms with E-state index in [0.29, 0.717) is 11.0 Å². The van der Waals surface area contributed by atoms with Crippen LogP contribution in [0.15, 0.2) is 42.5 Å². The van der Waals surface area contributed by atoms with Crippen LogP contribution in [0.25, 0.3) is 0 Å². The van der Waals surface area contributed by atoms with Crippen molar-refractivity contribution in [1.82, 2.24) is 0 Å². The number of hydrogen-bond acceptors (Lipinski definition) is 5. The third-order valence-corrected chi connectivity index (χ3v) is 10.2. The molecule has 6 nitrogen and oxygen atoms in total. The fraction of sp³-hybridized carbons (Fsp3) is 0.500. The summed E-state index contributed by atoms with van der Waals surface area (Å²) < 4.78 is 78.2. The molecule has 198 valence electrons. The van der Waals surface area contributed by atoms with Gasteiger partial charge in [0.15, 0.2) is 0 Å². The van der Waals surface area contributed by atoms with Gasteiger partial charge < -0.3 is 14.6 Å². The number of carbonyl (C=O) groups is 1. The topological polar surface area (TPSA) is 81.7 Å². The summed E-state index contributed by atoms with van der Waals surface area (Å²) in [5.74, 6) is -1.31. The molecule has 0 aromatic heterocycles. The van der Waals surface area contributed by atoms with Gasteiger partial charge in [0, 0.05) is 0 Å². The number of sulfone groups is 1. The molecule has 3 aliphatic rings. The zero-order valence-corrected chi connectivity index (χ0v) is 21.9. The molecule has 0 spiro atoms. The van der Waals surface area contributed by atoms with Crippen molar-refractivity contribution in [2.24, 2.45) is 5.92 Å². The molecule has 1 N–H and O–H groups in total. The summed E-state index contributed by atoms with van der Waals surface area (Å²) in [4.78, 5) is 13.7. The quantitative estimate of drug-likeness (QED) is 0.600. The van der Waals surface area contributed by atoms with E-state index in [1.807, 2.05) is 27.7 Å². The molecule has 2 aromatic carbocycles. The third kappa shape index (κ3) is 4.10. The van der Waals surface area contributed by atoms with Gasteiger partial charge in [-0.25, -0.2) is 8.42 Å². The Balaban J connectivity index is 1.62. The number of carbonyl (C=O) groups excluding carboxylic acids is 1. The van der Waals surface area contributed by atoms with Gasteiger partial charge in [0.1, 0.15) is 15.3 Å². The number of halogens is 3. The second-order valence-electron chi connectivity index (χ2n) is 11.1. The van der Waals surface area contributed by atoms with E-state index < -0.39 is 57.1 Å². The van der Waals surface area contributed by atoms with Crippen molar-refractivity contribution in [1.29, 1.82) is 0 Å². The molecule has 1 unspecified atom stereocenters. The highest BCUT2D eigenvalue weighted by Crippen LogP contribution is 2.53. The van der Waals surface area contributed by atoms with Crippen LogP contribution in [0.2, 0.25) is 0 Å². The van der Waals surface area contributed by atoms with E-state index in [9.17, 15) is 26.4 Å². The van der Waals surface area contributed by atoms with Gasteiger partial charge in [-0.1, -0.05) is 36.4 Å². The predicted molar refractivity (Wildman–Crippen MR) is 134 cm³/mol. The second-order valence-corrected chi connectivity index (χ2v) is 13.4. The number of fused-ring (bicyclic) bond motifs is 1. The molecular formula is C26H29BF3NO5S. The van der Waals surface area contributed by atoms with Crippen molar-refractivity contribution in [3.05, 3.63) is 59.2 Å². The molecule has 2 fully saturated rings. The minimum Gasteiger partial charge on any atom is -0.399 e. The summed E-state index contributed by atoms with van der Waals surface area (Å²) >= 11 is 0. The molecule has 2 saturated heterocycles. The Bertz CT molecular complexity index is 1330. The monoisotopic (exact) mass is 535 g/mol. The van der Waals surface area contributed by atoms with Crippen LogP contribution >= 0.6 is 0 Å². The standard InChI is InChI=1S/C26H29BF3NO5S/c1-23(2)24(3,4)36-27(35-23)18-10-8-16(9-11-18)25(17-12-14-37(33,34)15-13-17)19-6-5-7-20(26(28,29)30)21(19)31-22(25)32/h5-11,17H,12-15H2,1-4H3,(H,31,32). The highest BCUT2D eigenvalue weighted by Gasteiger charge is 2.57. The molecule has 0 bridgehead atoms. The molecule has 11 heteroatoms. The van der Waals surface area contributed by atoms with E-state index in [1.54, 1.807) is 24.3 Å². The van der Waals surface area contributed by atoms with Crippen LogP contribution in [-0.2, 0) is 35.5 Å². The van der Waals surface area contributed by atoms with Crippen LogP contribution in [0.4, 0.5) is 18.9 Å². The lowest BCUT2D eigenvalue weighted by molar-refractivity contribution is -0.136. The van der Waals surface area contributed by atoms with Gasteiger partial charge in [0.25, 0.3) is 0 Å². The first-order valence-corrected chi connectivity index (χ1v) is 14.1. The molecule has 1 amide bonds. The zero-order valence-electron chi connectivity index (χ0n) is 21.1. The predicted octanol–water partition coefficient (Wildman–Crippen LogP) is 4.07. The lowest BCUT2D eigenvalue weighted by Gasteiger charge is -2.39. The number of alkyl halides is 3. The summed E-state index contributed by atoms with van der Waals surface area (Å²) in [6.07, 6.45) is -4.32. The Morgan fingerprint density at radius 1 is 0.946 bits per heavy atom. The zero-order chi connectivity index (χ0) is 27.0. The lowest BCUT2D eigenvalue weighted by Crippen LogP contribution is -2.46. The molecule has 0 saturated carbocycles. The number of anilines is 1. The highest BCUT2D eigenvalue weighted by atomic mass is 32.2. The second kappa shape index (κ2) is 8.32. The summed E-state index contributed by atoms with van der Waals surface area (Å²) in [5, 5.41) is 2.51. The van der Waals surface area contributed by atoms with Gasteiger partial charge in [-0.15, -0.1) is 0 Å². The van der Waals surface area contributed by atoms with Crippen LogP contribution in [0, 0.1) is 5.92 Å². The number of para-hydroxylation sites is 1. The van der Waals surface area contributed by atoms with Crippen LogP contribution in [0.1, 0.15) is 57.2 Å². The van der Waals surface area contributed by atoms with Crippen molar-refractivity contribution in [2.45, 2.75) is 63.3 Å². The SMILES string of the molecule is CC1(C)OB(c2ccc(C3(C4CCS(=O)(=O)CC4)C(=O)Nc4c(C(F)(F)F)cccc43)cc2)OC1(C)C. The van der Waals surface area contributed by atoms with Crippen LogP contribution in [-0.4, -0.2) is 44.2 Å². The normalized spacial score (nSPS) is 26.7. The van der Waals surface area contributed by atoms with Gasteiger partial charge in [0.05, 0.1) is 34.0 Å². The first-order valence-electron chi connectivity index (χ1n) is 12.3. The number of amides is 1. The molecule has 2 aromatic rings. The molecule has 3 heterocycles. The number of benzene rings is 2. The molecule has 1 atom stereocenters. The maximum absolute atomic E-state index is 13.9. The van der Waals surface area contributed by atoms with E-state index in [-0.39, 0.29) is 35.6 Å². The molecule has 37 heavy (non-hydrogen) atoms. The van der Waals surface area contributed by atoms with Crippen LogP contribution in [0.5, 0.6) is 0 Å². The van der Waals surface area contributed by atoms with E-state index in [1.165, 1.54) is 12.1 Å². The van der Waals surface area contributed by atoms with E-state index in [4.69, 9.17) is 9.31 Å². The molecule has 0 aliphatic carbocycles. The molecule has 5 rings (SSSR count). The van der Waals surface area contributed by atoms with E-state index >= 15 is 0 Å². The van der Waals surface area contributed by atoms with Crippen molar-refractivity contribution in [3.8, 4) is 0 Å². The molecule has 3 aliphatic heterocycles. The number of nitrogens with one attached hydrogen (secondary N) is 1. The van der Waals surface area contributed by atoms with Gasteiger partial charge >= 0.3 is 13.3 Å². The van der Waals surface area contributed by atoms with Crippen molar-refractivity contribution in [2.75, 3.05) is 16.8 Å². The summed E-state index contributed by atoms with van der Waals surface area (Å²) in [6.45, 7) is 7.74. The average molecular weight is 535 g/mol. The highest BCUT2D eigenvalue weighted by molar-refractivity contribution is 7.91. The number of rotatable bonds is 3. The van der Waals surface area contributed by atoms with E-state index in [0.717, 1.165) is 6.07 Å². The smallest absolute Gasteiger partial charge is 0.399 e. The van der Waals surface area contributed by atoms with Crippen molar-refractivity contribution in [3.63, 3.8) is 0 Å². The fourth-order valence-corrected chi connectivity index (χ4v) is 7.21. The van der Waals surface area contributed by atoms with Crippen LogP contribution < -0.4 is 10.8 Å². The Morgan fingerprint density at radius 3 is 2.05 bits per heavy atom. The maximum Gasteiger partial charge on any atom is 0.494 e. The van der Waals surface area contributed by atoms with Crippen molar-refractivity contribution < 1.29 is 35.7 Å². The summed E-state index contributed by atoms with van der Waals surface area (Å²) in [5.41, 5.74) is -2.30. The Morgan fingerprint density at radius 2 is 1.51 bits per heavy atom. The largest absolute Gasteiger partial charge is 0.494 e. The Hall–Kier alpha value is -2.37. The maximum atomic E-state index is 13.9. The third-order valence-electron chi connectivity index (χ3n) is 8.45. The van der Waals surface area contributed by atoms with E-state index in [2.05, 4.69) is 5.32 Å². The Kier molecular flexibility index (Phi) is 5.90. The molecule has 0 radical (unpaired) electrons. The first kappa shape index (κ1) is 26.3. The number of hydrogen-bond donors (Lipinski definition) is 1. The van der Waals surface area contributed by atoms with Gasteiger partial charge in [0.2, 0.25) is 5.91 Å². The van der Waals surface area contributed by atoms with Crippen LogP contribution in [0.3, 0.4) is 0 Å². The minimum atomic E-state index is -4.66. The van der Waals surface area contributed by atoms with Gasteiger partial charge in [-0.3, -0.25) is 4.79 Å². The lowest BCUT2D eigenvalue weighted by atomic mass is 9.63. The average Bonchev–Trinajstić information content (AvgIpc) is 3.21. The van der Waals surface area contributed by atoms with Crippen molar-refractivity contribution >= 4 is 34.0 Å². The Labute approximate surface area is 215 Å². The minimum absolute atomic E-state index is 0.118. The first-order chi connectivity index (χ1) is 17.1. The van der Waals surface area contributed by atoms with Gasteiger partial charge in [-0.2, -0.15) is 13.2 Å². The summed E-state index contributed by atoms with van der Waals surface area (Å²) in [6, 6.07) is 10.7. The fourth-order valence-electron chi connectivity index (χ4n) is 5.72.